The fourth-order valence-corrected chi connectivity index (χ4v) is 2.30. The molecule has 1 heterocycles. The van der Waals surface area contributed by atoms with Crippen molar-refractivity contribution in [2.75, 3.05) is 19.7 Å². The maximum Gasteiger partial charge on any atom is 0.132 e. The fourth-order valence-electron chi connectivity index (χ4n) is 2.30. The van der Waals surface area contributed by atoms with E-state index in [1.807, 2.05) is 0 Å². The van der Waals surface area contributed by atoms with Crippen LogP contribution in [0.2, 0.25) is 0 Å². The van der Waals surface area contributed by atoms with Crippen molar-refractivity contribution in [3.63, 3.8) is 0 Å². The summed E-state index contributed by atoms with van der Waals surface area (Å²) in [6.07, 6.45) is -1.57. The Morgan fingerprint density at radius 2 is 2.11 bits per heavy atom. The van der Waals surface area contributed by atoms with E-state index in [4.69, 9.17) is 4.74 Å². The Morgan fingerprint density at radius 1 is 1.37 bits per heavy atom. The van der Waals surface area contributed by atoms with Crippen molar-refractivity contribution in [1.82, 2.24) is 4.90 Å². The van der Waals surface area contributed by atoms with Crippen LogP contribution in [0.3, 0.4) is 0 Å². The highest BCUT2D eigenvalue weighted by atomic mass is 19.1. The quantitative estimate of drug-likeness (QED) is 0.914. The third-order valence-corrected chi connectivity index (χ3v) is 3.49. The molecule has 2 rings (SSSR count). The first-order valence-corrected chi connectivity index (χ1v) is 6.47. The summed E-state index contributed by atoms with van der Waals surface area (Å²) in [4.78, 5) is 2.17. The Balaban J connectivity index is 2.12. The molecule has 2 unspecified atom stereocenters. The number of hydrogen-bond donors (Lipinski definition) is 1. The Kier molecular flexibility index (Phi) is 4.50. The van der Waals surface area contributed by atoms with Crippen LogP contribution in [0, 0.1) is 11.6 Å². The number of ether oxygens (including phenoxy) is 1. The molecule has 0 radical (unpaired) electrons. The van der Waals surface area contributed by atoms with Gasteiger partial charge in [0.2, 0.25) is 0 Å². The summed E-state index contributed by atoms with van der Waals surface area (Å²) in [6, 6.07) is 3.54. The van der Waals surface area contributed by atoms with Gasteiger partial charge in [-0.25, -0.2) is 8.78 Å². The molecule has 1 aliphatic heterocycles. The Labute approximate surface area is 111 Å². The Hall–Kier alpha value is -1.04. The van der Waals surface area contributed by atoms with Crippen LogP contribution in [0.1, 0.15) is 25.5 Å². The molecule has 2 atom stereocenters. The molecule has 0 amide bonds. The molecule has 1 aromatic rings. The van der Waals surface area contributed by atoms with Crippen LogP contribution in [-0.2, 0) is 4.74 Å². The summed E-state index contributed by atoms with van der Waals surface area (Å²) in [5.41, 5.74) is 0.0806. The molecule has 0 aromatic heterocycles. The summed E-state index contributed by atoms with van der Waals surface area (Å²) in [6.45, 7) is 5.96. The van der Waals surface area contributed by atoms with E-state index in [-0.39, 0.29) is 5.56 Å². The summed E-state index contributed by atoms with van der Waals surface area (Å²) in [7, 11) is 0. The number of hydrogen-bond acceptors (Lipinski definition) is 3. The minimum absolute atomic E-state index is 0.0806. The number of benzene rings is 1. The molecule has 0 aliphatic carbocycles. The van der Waals surface area contributed by atoms with E-state index in [2.05, 4.69) is 18.7 Å². The monoisotopic (exact) mass is 271 g/mol. The second kappa shape index (κ2) is 5.94. The first-order chi connectivity index (χ1) is 8.99. The van der Waals surface area contributed by atoms with E-state index >= 15 is 0 Å². The van der Waals surface area contributed by atoms with Crippen LogP contribution in [0.25, 0.3) is 0 Å². The van der Waals surface area contributed by atoms with Crippen molar-refractivity contribution in [3.8, 4) is 0 Å². The van der Waals surface area contributed by atoms with Crippen molar-refractivity contribution in [1.29, 1.82) is 0 Å². The maximum absolute atomic E-state index is 13.6. The minimum atomic E-state index is -1.08. The Morgan fingerprint density at radius 3 is 2.74 bits per heavy atom. The predicted octanol–water partition coefficient (Wildman–Crippen LogP) is 2.11. The topological polar surface area (TPSA) is 32.7 Å². The smallest absolute Gasteiger partial charge is 0.132 e. The predicted molar refractivity (Wildman–Crippen MR) is 67.8 cm³/mol. The lowest BCUT2D eigenvalue weighted by Gasteiger charge is -2.37. The molecule has 1 fully saturated rings. The summed E-state index contributed by atoms with van der Waals surface area (Å²) < 4.78 is 32.0. The molecule has 0 saturated carbocycles. The van der Waals surface area contributed by atoms with Crippen LogP contribution in [-0.4, -0.2) is 41.8 Å². The number of halogens is 2. The van der Waals surface area contributed by atoms with Gasteiger partial charge in [0, 0.05) is 30.8 Å². The van der Waals surface area contributed by atoms with E-state index in [0.717, 1.165) is 18.7 Å². The molecule has 1 aromatic carbocycles. The van der Waals surface area contributed by atoms with Gasteiger partial charge in [-0.1, -0.05) is 6.07 Å². The van der Waals surface area contributed by atoms with E-state index in [9.17, 15) is 13.9 Å². The van der Waals surface area contributed by atoms with Gasteiger partial charge in [-0.3, -0.25) is 4.90 Å². The minimum Gasteiger partial charge on any atom is -0.386 e. The van der Waals surface area contributed by atoms with Crippen molar-refractivity contribution in [2.24, 2.45) is 0 Å². The molecular weight excluding hydrogens is 252 g/mol. The summed E-state index contributed by atoms with van der Waals surface area (Å²) in [5.74, 6) is -1.39. The van der Waals surface area contributed by atoms with Crippen LogP contribution in [0.15, 0.2) is 18.2 Å². The first-order valence-electron chi connectivity index (χ1n) is 6.47. The number of aliphatic hydroxyl groups is 1. The van der Waals surface area contributed by atoms with E-state index < -0.39 is 23.8 Å². The zero-order valence-corrected chi connectivity index (χ0v) is 11.1. The van der Waals surface area contributed by atoms with Crippen molar-refractivity contribution >= 4 is 0 Å². The number of morpholine rings is 1. The zero-order valence-electron chi connectivity index (χ0n) is 11.1. The number of rotatable bonds is 3. The molecule has 1 saturated heterocycles. The molecule has 5 heteroatoms. The molecule has 0 bridgehead atoms. The molecule has 19 heavy (non-hydrogen) atoms. The highest BCUT2D eigenvalue weighted by Crippen LogP contribution is 2.25. The van der Waals surface area contributed by atoms with Gasteiger partial charge in [0.1, 0.15) is 23.8 Å². The zero-order chi connectivity index (χ0) is 14.0. The van der Waals surface area contributed by atoms with Gasteiger partial charge >= 0.3 is 0 Å². The van der Waals surface area contributed by atoms with Gasteiger partial charge in [-0.15, -0.1) is 0 Å². The van der Waals surface area contributed by atoms with Gasteiger partial charge in [0.05, 0.1) is 6.61 Å². The van der Waals surface area contributed by atoms with E-state index in [1.54, 1.807) is 0 Å². The Bertz CT molecular complexity index is 439. The van der Waals surface area contributed by atoms with Crippen molar-refractivity contribution < 1.29 is 18.6 Å². The number of nitrogens with zero attached hydrogens (tertiary/aromatic N) is 1. The summed E-state index contributed by atoms with van der Waals surface area (Å²) in [5, 5.41) is 10.2. The van der Waals surface area contributed by atoms with Crippen LogP contribution in [0.5, 0.6) is 0 Å². The van der Waals surface area contributed by atoms with Crippen LogP contribution < -0.4 is 0 Å². The van der Waals surface area contributed by atoms with Crippen molar-refractivity contribution in [3.05, 3.63) is 35.4 Å². The molecule has 106 valence electrons. The fraction of sp³-hybridized carbons (Fsp3) is 0.571. The van der Waals surface area contributed by atoms with Crippen LogP contribution in [0.4, 0.5) is 8.78 Å². The van der Waals surface area contributed by atoms with Gasteiger partial charge in [0.25, 0.3) is 0 Å². The van der Waals surface area contributed by atoms with E-state index in [1.165, 1.54) is 6.07 Å². The second-order valence-corrected chi connectivity index (χ2v) is 5.11. The second-order valence-electron chi connectivity index (χ2n) is 5.11. The third-order valence-electron chi connectivity index (χ3n) is 3.49. The SMILES string of the molecule is CC(C)N1CCOC(C(O)c2ccc(F)cc2F)C1. The largest absolute Gasteiger partial charge is 0.386 e. The normalized spacial score (nSPS) is 22.7. The molecular formula is C14H19F2NO2. The lowest BCUT2D eigenvalue weighted by atomic mass is 10.0. The van der Waals surface area contributed by atoms with E-state index in [0.29, 0.717) is 19.2 Å². The number of aliphatic hydroxyl groups excluding tert-OH is 1. The summed E-state index contributed by atoms with van der Waals surface area (Å²) >= 11 is 0. The van der Waals surface area contributed by atoms with Crippen molar-refractivity contribution in [2.45, 2.75) is 32.1 Å². The lowest BCUT2D eigenvalue weighted by molar-refractivity contribution is -0.0969. The van der Waals surface area contributed by atoms with Gasteiger partial charge in [-0.05, 0) is 19.9 Å². The third kappa shape index (κ3) is 3.29. The van der Waals surface area contributed by atoms with Gasteiger partial charge in [0.15, 0.2) is 0 Å². The molecule has 3 nitrogen and oxygen atoms in total. The maximum atomic E-state index is 13.6. The average molecular weight is 271 g/mol. The standard InChI is InChI=1S/C14H19F2NO2/c1-9(2)17-5-6-19-13(8-17)14(18)11-4-3-10(15)7-12(11)16/h3-4,7,9,13-14,18H,5-6,8H2,1-2H3. The highest BCUT2D eigenvalue weighted by molar-refractivity contribution is 5.22. The molecule has 1 aliphatic rings. The van der Waals surface area contributed by atoms with Gasteiger partial charge < -0.3 is 9.84 Å². The lowest BCUT2D eigenvalue weighted by Crippen LogP contribution is -2.47. The first kappa shape index (κ1) is 14.4. The van der Waals surface area contributed by atoms with Gasteiger partial charge in [-0.2, -0.15) is 0 Å². The molecule has 1 N–H and O–H groups in total. The highest BCUT2D eigenvalue weighted by Gasteiger charge is 2.30. The molecule has 0 spiro atoms. The average Bonchev–Trinajstić information content (AvgIpc) is 2.38. The van der Waals surface area contributed by atoms with Crippen LogP contribution >= 0.6 is 0 Å².